The molecule has 1 atom stereocenters. The highest BCUT2D eigenvalue weighted by atomic mass is 16.2. The van der Waals surface area contributed by atoms with Crippen molar-refractivity contribution in [3.8, 4) is 0 Å². The van der Waals surface area contributed by atoms with Gasteiger partial charge in [0.1, 0.15) is 5.82 Å². The summed E-state index contributed by atoms with van der Waals surface area (Å²) in [4.78, 5) is 23.5. The van der Waals surface area contributed by atoms with Gasteiger partial charge in [-0.3, -0.25) is 14.5 Å². The average Bonchev–Trinajstić information content (AvgIpc) is 3.26. The lowest BCUT2D eigenvalue weighted by Gasteiger charge is -2.34. The third kappa shape index (κ3) is 2.82. The van der Waals surface area contributed by atoms with Crippen LogP contribution in [0.3, 0.4) is 0 Å². The lowest BCUT2D eigenvalue weighted by atomic mass is 10.1. The summed E-state index contributed by atoms with van der Waals surface area (Å²) in [6, 6.07) is 5.53. The molecule has 128 valence electrons. The average molecular weight is 336 g/mol. The van der Waals surface area contributed by atoms with Crippen molar-refractivity contribution < 1.29 is 4.79 Å². The monoisotopic (exact) mass is 336 g/mol. The number of amides is 1. The summed E-state index contributed by atoms with van der Waals surface area (Å²) >= 11 is 0. The summed E-state index contributed by atoms with van der Waals surface area (Å²) in [5, 5.41) is 4.25. The Bertz CT molecular complexity index is 881. The number of carbonyl (C=O) groups is 1. The van der Waals surface area contributed by atoms with Gasteiger partial charge in [0.05, 0.1) is 30.0 Å². The van der Waals surface area contributed by atoms with Crippen molar-refractivity contribution in [1.82, 2.24) is 29.2 Å². The van der Waals surface area contributed by atoms with E-state index in [-0.39, 0.29) is 11.9 Å². The fraction of sp³-hybridized carbons (Fsp3) is 0.333. The predicted molar refractivity (Wildman–Crippen MR) is 92.0 cm³/mol. The third-order valence-corrected chi connectivity index (χ3v) is 4.68. The van der Waals surface area contributed by atoms with Crippen molar-refractivity contribution in [3.63, 3.8) is 0 Å². The van der Waals surface area contributed by atoms with E-state index in [1.165, 1.54) is 0 Å². The van der Waals surface area contributed by atoms with Gasteiger partial charge >= 0.3 is 0 Å². The molecule has 0 aliphatic carbocycles. The topological polar surface area (TPSA) is 68.8 Å². The number of nitrogens with zero attached hydrogens (tertiary/aromatic N) is 6. The van der Waals surface area contributed by atoms with Gasteiger partial charge in [0, 0.05) is 37.4 Å². The predicted octanol–water partition coefficient (Wildman–Crippen LogP) is 2.05. The van der Waals surface area contributed by atoms with Crippen LogP contribution in [0.2, 0.25) is 0 Å². The van der Waals surface area contributed by atoms with Crippen LogP contribution in [-0.4, -0.2) is 41.7 Å². The molecule has 4 rings (SSSR count). The summed E-state index contributed by atoms with van der Waals surface area (Å²) in [5.41, 5.74) is 2.63. The maximum Gasteiger partial charge on any atom is 0.256 e. The zero-order chi connectivity index (χ0) is 17.4. The zero-order valence-corrected chi connectivity index (χ0v) is 14.3. The van der Waals surface area contributed by atoms with Crippen LogP contribution in [0.1, 0.15) is 40.5 Å². The van der Waals surface area contributed by atoms with E-state index in [4.69, 9.17) is 0 Å². The standard InChI is InChI=1S/C18H20N6O/c1-13-4-5-15(10-19-13)18(25)23-8-9-24-16(11-20-17(24)14(23)2)12-22-7-3-6-21-22/h3-7,10-11,14H,8-9,12H2,1-2H3/t14-/m0/s1. The summed E-state index contributed by atoms with van der Waals surface area (Å²) in [6.07, 6.45) is 7.24. The van der Waals surface area contributed by atoms with Gasteiger partial charge in [-0.2, -0.15) is 5.10 Å². The number of aromatic nitrogens is 5. The molecule has 3 aromatic rings. The van der Waals surface area contributed by atoms with Crippen LogP contribution in [0, 0.1) is 6.92 Å². The second-order valence-corrected chi connectivity index (χ2v) is 6.33. The normalized spacial score (nSPS) is 16.7. The number of imidazole rings is 1. The Morgan fingerprint density at radius 2 is 2.12 bits per heavy atom. The fourth-order valence-electron chi connectivity index (χ4n) is 3.28. The molecule has 1 aliphatic heterocycles. The number of fused-ring (bicyclic) bond motifs is 1. The number of rotatable bonds is 3. The van der Waals surface area contributed by atoms with Crippen molar-refractivity contribution in [1.29, 1.82) is 0 Å². The van der Waals surface area contributed by atoms with Crippen LogP contribution in [0.15, 0.2) is 43.0 Å². The Balaban J connectivity index is 1.57. The maximum absolute atomic E-state index is 12.8. The number of carbonyl (C=O) groups excluding carboxylic acids is 1. The Hall–Kier alpha value is -2.96. The quantitative estimate of drug-likeness (QED) is 0.734. The first kappa shape index (κ1) is 15.6. The first-order valence-corrected chi connectivity index (χ1v) is 8.39. The van der Waals surface area contributed by atoms with Crippen LogP contribution in [-0.2, 0) is 13.1 Å². The molecular weight excluding hydrogens is 316 g/mol. The molecule has 3 aromatic heterocycles. The molecule has 0 fully saturated rings. The minimum atomic E-state index is -0.0751. The van der Waals surface area contributed by atoms with E-state index < -0.39 is 0 Å². The Morgan fingerprint density at radius 1 is 1.24 bits per heavy atom. The summed E-state index contributed by atoms with van der Waals surface area (Å²) in [6.45, 7) is 6.01. The van der Waals surface area contributed by atoms with E-state index in [0.717, 1.165) is 23.8 Å². The first-order valence-electron chi connectivity index (χ1n) is 8.39. The number of hydrogen-bond donors (Lipinski definition) is 0. The van der Waals surface area contributed by atoms with Crippen molar-refractivity contribution in [2.24, 2.45) is 0 Å². The van der Waals surface area contributed by atoms with E-state index >= 15 is 0 Å². The SMILES string of the molecule is Cc1ccc(C(=O)N2CCn3c(Cn4cccn4)cnc3[C@@H]2C)cn1. The lowest BCUT2D eigenvalue weighted by Crippen LogP contribution is -2.41. The minimum absolute atomic E-state index is 0.00266. The zero-order valence-electron chi connectivity index (χ0n) is 14.3. The molecule has 0 radical (unpaired) electrons. The number of pyridine rings is 1. The fourth-order valence-corrected chi connectivity index (χ4v) is 3.28. The highest BCUT2D eigenvalue weighted by Gasteiger charge is 2.31. The Labute approximate surface area is 145 Å². The van der Waals surface area contributed by atoms with Crippen LogP contribution >= 0.6 is 0 Å². The van der Waals surface area contributed by atoms with Gasteiger partial charge in [-0.15, -0.1) is 0 Å². The van der Waals surface area contributed by atoms with Gasteiger partial charge in [0.2, 0.25) is 0 Å². The molecule has 1 aliphatic rings. The molecule has 0 spiro atoms. The highest BCUT2D eigenvalue weighted by Crippen LogP contribution is 2.27. The summed E-state index contributed by atoms with van der Waals surface area (Å²) in [5.74, 6) is 0.921. The van der Waals surface area contributed by atoms with Crippen molar-refractivity contribution in [2.45, 2.75) is 33.0 Å². The Kier molecular flexibility index (Phi) is 3.83. The van der Waals surface area contributed by atoms with Gasteiger partial charge in [0.15, 0.2) is 0 Å². The van der Waals surface area contributed by atoms with Gasteiger partial charge in [0.25, 0.3) is 5.91 Å². The van der Waals surface area contributed by atoms with Gasteiger partial charge in [-0.05, 0) is 32.0 Å². The molecule has 0 saturated carbocycles. The molecule has 4 heterocycles. The van der Waals surface area contributed by atoms with Crippen molar-refractivity contribution in [2.75, 3.05) is 6.54 Å². The second kappa shape index (κ2) is 6.16. The first-order chi connectivity index (χ1) is 12.1. The van der Waals surface area contributed by atoms with Gasteiger partial charge < -0.3 is 9.47 Å². The van der Waals surface area contributed by atoms with E-state index in [9.17, 15) is 4.79 Å². The third-order valence-electron chi connectivity index (χ3n) is 4.68. The molecule has 0 N–H and O–H groups in total. The number of aryl methyl sites for hydroxylation is 1. The van der Waals surface area contributed by atoms with Crippen LogP contribution in [0.4, 0.5) is 0 Å². The molecular formula is C18H20N6O. The van der Waals surface area contributed by atoms with Crippen molar-refractivity contribution >= 4 is 5.91 Å². The van der Waals surface area contributed by atoms with E-state index in [1.54, 1.807) is 12.4 Å². The molecule has 0 saturated heterocycles. The minimum Gasteiger partial charge on any atom is -0.327 e. The van der Waals surface area contributed by atoms with Gasteiger partial charge in [-0.25, -0.2) is 4.98 Å². The molecule has 0 unspecified atom stereocenters. The highest BCUT2D eigenvalue weighted by molar-refractivity contribution is 5.94. The summed E-state index contributed by atoms with van der Waals surface area (Å²) in [7, 11) is 0. The second-order valence-electron chi connectivity index (χ2n) is 6.33. The molecule has 25 heavy (non-hydrogen) atoms. The van der Waals surface area contributed by atoms with Crippen LogP contribution < -0.4 is 0 Å². The number of hydrogen-bond acceptors (Lipinski definition) is 4. The largest absolute Gasteiger partial charge is 0.327 e. The van der Waals surface area contributed by atoms with E-state index in [2.05, 4.69) is 19.6 Å². The lowest BCUT2D eigenvalue weighted by molar-refractivity contribution is 0.0635. The van der Waals surface area contributed by atoms with Crippen LogP contribution in [0.25, 0.3) is 0 Å². The van der Waals surface area contributed by atoms with E-state index in [1.807, 2.05) is 54.0 Å². The van der Waals surface area contributed by atoms with E-state index in [0.29, 0.717) is 18.7 Å². The van der Waals surface area contributed by atoms with Gasteiger partial charge in [-0.1, -0.05) is 0 Å². The maximum atomic E-state index is 12.8. The molecule has 7 nitrogen and oxygen atoms in total. The molecule has 1 amide bonds. The molecule has 0 aromatic carbocycles. The van der Waals surface area contributed by atoms with Crippen molar-refractivity contribution in [3.05, 3.63) is 65.8 Å². The smallest absolute Gasteiger partial charge is 0.256 e. The summed E-state index contributed by atoms with van der Waals surface area (Å²) < 4.78 is 4.08. The molecule has 7 heteroatoms. The van der Waals surface area contributed by atoms with Crippen LogP contribution in [0.5, 0.6) is 0 Å². The Morgan fingerprint density at radius 3 is 2.84 bits per heavy atom. The molecule has 0 bridgehead atoms.